The molecule has 3 rings (SSSR count). The van der Waals surface area contributed by atoms with E-state index < -0.39 is 5.54 Å². The molecule has 1 atom stereocenters. The van der Waals surface area contributed by atoms with Crippen molar-refractivity contribution in [2.24, 2.45) is 5.73 Å². The van der Waals surface area contributed by atoms with E-state index >= 15 is 0 Å². The molecule has 19 heavy (non-hydrogen) atoms. The van der Waals surface area contributed by atoms with E-state index in [1.54, 1.807) is 0 Å². The van der Waals surface area contributed by atoms with Gasteiger partial charge in [0.05, 0.1) is 6.61 Å². The third-order valence-electron chi connectivity index (χ3n) is 3.92. The van der Waals surface area contributed by atoms with Gasteiger partial charge in [0.2, 0.25) is 5.91 Å². The highest BCUT2D eigenvalue weighted by molar-refractivity contribution is 5.87. The van der Waals surface area contributed by atoms with Gasteiger partial charge in [-0.05, 0) is 24.8 Å². The minimum absolute atomic E-state index is 0.0522. The van der Waals surface area contributed by atoms with Crippen molar-refractivity contribution in [1.29, 1.82) is 0 Å². The number of carbonyl (C=O) groups excluding carboxylic acids is 1. The van der Waals surface area contributed by atoms with Crippen molar-refractivity contribution in [1.82, 2.24) is 4.90 Å². The quantitative estimate of drug-likeness (QED) is 0.887. The van der Waals surface area contributed by atoms with Crippen molar-refractivity contribution in [3.05, 3.63) is 35.9 Å². The largest absolute Gasteiger partial charge is 0.379 e. The number of carbonyl (C=O) groups is 1. The SMILES string of the molecule is NC1(C(=O)N(Cc2ccccc2)C2CC2)CCOC1. The number of rotatable bonds is 4. The molecule has 1 amide bonds. The van der Waals surface area contributed by atoms with Crippen LogP contribution in [0.4, 0.5) is 0 Å². The normalized spacial score (nSPS) is 26.4. The maximum Gasteiger partial charge on any atom is 0.245 e. The monoisotopic (exact) mass is 260 g/mol. The Bertz CT molecular complexity index is 450. The van der Waals surface area contributed by atoms with Crippen molar-refractivity contribution in [3.8, 4) is 0 Å². The number of hydrogen-bond acceptors (Lipinski definition) is 3. The molecule has 2 fully saturated rings. The topological polar surface area (TPSA) is 55.6 Å². The molecule has 1 aromatic carbocycles. The highest BCUT2D eigenvalue weighted by Crippen LogP contribution is 2.31. The molecule has 2 aliphatic rings. The van der Waals surface area contributed by atoms with Gasteiger partial charge in [-0.2, -0.15) is 0 Å². The van der Waals surface area contributed by atoms with Gasteiger partial charge in [-0.3, -0.25) is 4.79 Å². The summed E-state index contributed by atoms with van der Waals surface area (Å²) < 4.78 is 5.31. The zero-order valence-electron chi connectivity index (χ0n) is 11.0. The minimum Gasteiger partial charge on any atom is -0.379 e. The van der Waals surface area contributed by atoms with Gasteiger partial charge in [0.1, 0.15) is 5.54 Å². The molecule has 1 aliphatic heterocycles. The molecule has 1 saturated heterocycles. The van der Waals surface area contributed by atoms with E-state index in [2.05, 4.69) is 12.1 Å². The average molecular weight is 260 g/mol. The summed E-state index contributed by atoms with van der Waals surface area (Å²) in [5, 5.41) is 0. The van der Waals surface area contributed by atoms with Crippen molar-refractivity contribution in [2.45, 2.75) is 37.4 Å². The molecule has 4 nitrogen and oxygen atoms in total. The molecule has 1 aromatic rings. The van der Waals surface area contributed by atoms with Crippen LogP contribution in [-0.2, 0) is 16.1 Å². The highest BCUT2D eigenvalue weighted by Gasteiger charge is 2.45. The Kier molecular flexibility index (Phi) is 3.29. The summed E-state index contributed by atoms with van der Waals surface area (Å²) in [5.74, 6) is 0.0522. The molecule has 0 aromatic heterocycles. The average Bonchev–Trinajstić information content (AvgIpc) is 3.18. The fraction of sp³-hybridized carbons (Fsp3) is 0.533. The summed E-state index contributed by atoms with van der Waals surface area (Å²) >= 11 is 0. The molecule has 1 saturated carbocycles. The Morgan fingerprint density at radius 2 is 2.11 bits per heavy atom. The fourth-order valence-electron chi connectivity index (χ4n) is 2.57. The summed E-state index contributed by atoms with van der Waals surface area (Å²) in [6.07, 6.45) is 2.81. The molecule has 1 unspecified atom stereocenters. The van der Waals surface area contributed by atoms with Gasteiger partial charge >= 0.3 is 0 Å². The summed E-state index contributed by atoms with van der Waals surface area (Å²) in [6, 6.07) is 10.5. The van der Waals surface area contributed by atoms with Crippen molar-refractivity contribution in [3.63, 3.8) is 0 Å². The standard InChI is InChI=1S/C15H20N2O2/c16-15(8-9-19-11-15)14(18)17(13-6-7-13)10-12-4-2-1-3-5-12/h1-5,13H,6-11,16H2. The van der Waals surface area contributed by atoms with Crippen LogP contribution in [0.15, 0.2) is 30.3 Å². The van der Waals surface area contributed by atoms with Crippen LogP contribution in [0.3, 0.4) is 0 Å². The zero-order valence-corrected chi connectivity index (χ0v) is 11.0. The van der Waals surface area contributed by atoms with E-state index in [1.807, 2.05) is 23.1 Å². The lowest BCUT2D eigenvalue weighted by molar-refractivity contribution is -0.138. The van der Waals surface area contributed by atoms with Gasteiger partial charge in [-0.25, -0.2) is 0 Å². The smallest absolute Gasteiger partial charge is 0.245 e. The van der Waals surface area contributed by atoms with Crippen LogP contribution >= 0.6 is 0 Å². The summed E-state index contributed by atoms with van der Waals surface area (Å²) in [4.78, 5) is 14.6. The molecule has 0 spiro atoms. The van der Waals surface area contributed by atoms with Crippen LogP contribution in [0.5, 0.6) is 0 Å². The molecule has 0 bridgehead atoms. The third kappa shape index (κ3) is 2.65. The van der Waals surface area contributed by atoms with Gasteiger partial charge < -0.3 is 15.4 Å². The number of amides is 1. The molecule has 102 valence electrons. The van der Waals surface area contributed by atoms with E-state index in [-0.39, 0.29) is 5.91 Å². The zero-order chi connectivity index (χ0) is 13.3. The first-order valence-corrected chi connectivity index (χ1v) is 6.91. The van der Waals surface area contributed by atoms with Crippen LogP contribution in [0, 0.1) is 0 Å². The first-order chi connectivity index (χ1) is 9.19. The van der Waals surface area contributed by atoms with E-state index in [0.29, 0.717) is 32.2 Å². The molecule has 0 radical (unpaired) electrons. The molecule has 1 heterocycles. The number of benzene rings is 1. The molecular formula is C15H20N2O2. The lowest BCUT2D eigenvalue weighted by Gasteiger charge is -2.30. The predicted molar refractivity (Wildman–Crippen MR) is 72.4 cm³/mol. The van der Waals surface area contributed by atoms with Crippen LogP contribution < -0.4 is 5.73 Å². The van der Waals surface area contributed by atoms with E-state index in [1.165, 1.54) is 0 Å². The summed E-state index contributed by atoms with van der Waals surface area (Å²) in [6.45, 7) is 1.60. The molecule has 4 heteroatoms. The first-order valence-electron chi connectivity index (χ1n) is 6.91. The highest BCUT2D eigenvalue weighted by atomic mass is 16.5. The Hall–Kier alpha value is -1.39. The van der Waals surface area contributed by atoms with Crippen molar-refractivity contribution in [2.75, 3.05) is 13.2 Å². The second-order valence-corrected chi connectivity index (χ2v) is 5.61. The second kappa shape index (κ2) is 4.94. The van der Waals surface area contributed by atoms with Gasteiger partial charge in [0, 0.05) is 19.2 Å². The Balaban J connectivity index is 1.76. The third-order valence-corrected chi connectivity index (χ3v) is 3.92. The van der Waals surface area contributed by atoms with Crippen LogP contribution in [0.1, 0.15) is 24.8 Å². The minimum atomic E-state index is -0.808. The van der Waals surface area contributed by atoms with Gasteiger partial charge in [-0.1, -0.05) is 30.3 Å². The predicted octanol–water partition coefficient (Wildman–Crippen LogP) is 1.30. The number of ether oxygens (including phenoxy) is 1. The Labute approximate surface area is 113 Å². The maximum atomic E-state index is 12.7. The van der Waals surface area contributed by atoms with Crippen LogP contribution in [0.25, 0.3) is 0 Å². The van der Waals surface area contributed by atoms with E-state index in [9.17, 15) is 4.79 Å². The van der Waals surface area contributed by atoms with Crippen molar-refractivity contribution < 1.29 is 9.53 Å². The lowest BCUT2D eigenvalue weighted by atomic mass is 9.98. The number of nitrogens with zero attached hydrogens (tertiary/aromatic N) is 1. The van der Waals surface area contributed by atoms with Crippen molar-refractivity contribution >= 4 is 5.91 Å². The summed E-state index contributed by atoms with van der Waals surface area (Å²) in [7, 11) is 0. The Morgan fingerprint density at radius 1 is 1.37 bits per heavy atom. The van der Waals surface area contributed by atoms with Crippen LogP contribution in [-0.4, -0.2) is 35.6 Å². The summed E-state index contributed by atoms with van der Waals surface area (Å²) in [5.41, 5.74) is 6.56. The molecule has 1 aliphatic carbocycles. The molecular weight excluding hydrogens is 240 g/mol. The number of hydrogen-bond donors (Lipinski definition) is 1. The van der Waals surface area contributed by atoms with E-state index in [4.69, 9.17) is 10.5 Å². The van der Waals surface area contributed by atoms with E-state index in [0.717, 1.165) is 18.4 Å². The molecule has 2 N–H and O–H groups in total. The van der Waals surface area contributed by atoms with Gasteiger partial charge in [-0.15, -0.1) is 0 Å². The number of nitrogens with two attached hydrogens (primary N) is 1. The Morgan fingerprint density at radius 3 is 2.68 bits per heavy atom. The van der Waals surface area contributed by atoms with Gasteiger partial charge in [0.15, 0.2) is 0 Å². The van der Waals surface area contributed by atoms with Gasteiger partial charge in [0.25, 0.3) is 0 Å². The maximum absolute atomic E-state index is 12.7. The van der Waals surface area contributed by atoms with Crippen LogP contribution in [0.2, 0.25) is 0 Å². The first kappa shape index (κ1) is 12.6. The fourth-order valence-corrected chi connectivity index (χ4v) is 2.57. The second-order valence-electron chi connectivity index (χ2n) is 5.61. The lowest BCUT2D eigenvalue weighted by Crippen LogP contribution is -2.56.